The third-order valence-corrected chi connectivity index (χ3v) is 4.80. The molecular formula is C11H15NS3. The fourth-order valence-corrected chi connectivity index (χ4v) is 3.40. The van der Waals surface area contributed by atoms with Gasteiger partial charge in [-0.3, -0.25) is 0 Å². The van der Waals surface area contributed by atoms with Gasteiger partial charge >= 0.3 is 0 Å². The minimum Gasteiger partial charge on any atom is -0.330 e. The van der Waals surface area contributed by atoms with Crippen LogP contribution in [0.15, 0.2) is 35.2 Å². The Bertz CT molecular complexity index is 276. The van der Waals surface area contributed by atoms with Crippen molar-refractivity contribution in [3.63, 3.8) is 0 Å². The van der Waals surface area contributed by atoms with E-state index in [2.05, 4.69) is 24.3 Å². The molecule has 0 aliphatic rings. The maximum Gasteiger partial charge on any atom is 0.0425 e. The Labute approximate surface area is 105 Å². The van der Waals surface area contributed by atoms with E-state index in [-0.39, 0.29) is 0 Å². The van der Waals surface area contributed by atoms with Crippen molar-refractivity contribution < 1.29 is 0 Å². The fraction of sp³-hybridized carbons (Fsp3) is 0.364. The standard InChI is InChI=1S/C11H15NS3/c12-6-7-14-11(8-13)9-15-10-4-2-1-3-5-10/h1-5,8,11H,6-7,9,12H2. The monoisotopic (exact) mass is 257 g/mol. The highest BCUT2D eigenvalue weighted by Crippen LogP contribution is 2.22. The quantitative estimate of drug-likeness (QED) is 0.600. The smallest absolute Gasteiger partial charge is 0.0425 e. The summed E-state index contributed by atoms with van der Waals surface area (Å²) in [6.07, 6.45) is 0. The Balaban J connectivity index is 2.31. The number of hydrogen-bond acceptors (Lipinski definition) is 4. The molecule has 0 saturated carbocycles. The van der Waals surface area contributed by atoms with Gasteiger partial charge in [-0.15, -0.1) is 11.8 Å². The van der Waals surface area contributed by atoms with Crippen LogP contribution in [0.2, 0.25) is 0 Å². The van der Waals surface area contributed by atoms with Gasteiger partial charge in [0.15, 0.2) is 0 Å². The van der Waals surface area contributed by atoms with Gasteiger partial charge in [0.05, 0.1) is 0 Å². The maximum atomic E-state index is 5.46. The van der Waals surface area contributed by atoms with Gasteiger partial charge in [-0.2, -0.15) is 11.8 Å². The normalized spacial score (nSPS) is 12.3. The molecule has 1 unspecified atom stereocenters. The Morgan fingerprint density at radius 3 is 2.67 bits per heavy atom. The highest BCUT2D eigenvalue weighted by Gasteiger charge is 2.05. The first-order valence-electron chi connectivity index (χ1n) is 4.81. The van der Waals surface area contributed by atoms with Gasteiger partial charge in [-0.25, -0.2) is 0 Å². The van der Waals surface area contributed by atoms with Crippen molar-refractivity contribution in [2.24, 2.45) is 5.73 Å². The van der Waals surface area contributed by atoms with Gasteiger partial charge in [0.2, 0.25) is 0 Å². The van der Waals surface area contributed by atoms with Gasteiger partial charge in [0.25, 0.3) is 0 Å². The molecule has 0 spiro atoms. The molecule has 1 atom stereocenters. The molecule has 0 aromatic heterocycles. The number of nitrogens with two attached hydrogens (primary N) is 1. The van der Waals surface area contributed by atoms with Crippen LogP contribution in [0, 0.1) is 0 Å². The number of thioether (sulfide) groups is 2. The summed E-state index contributed by atoms with van der Waals surface area (Å²) < 4.78 is 0. The highest BCUT2D eigenvalue weighted by atomic mass is 32.2. The van der Waals surface area contributed by atoms with Crippen molar-refractivity contribution >= 4 is 41.1 Å². The third-order valence-electron chi connectivity index (χ3n) is 1.76. The van der Waals surface area contributed by atoms with Crippen LogP contribution in [0.1, 0.15) is 0 Å². The molecule has 0 aliphatic heterocycles. The van der Waals surface area contributed by atoms with E-state index in [4.69, 9.17) is 18.0 Å². The van der Waals surface area contributed by atoms with Gasteiger partial charge in [-0.1, -0.05) is 30.4 Å². The van der Waals surface area contributed by atoms with Crippen LogP contribution >= 0.6 is 35.7 Å². The van der Waals surface area contributed by atoms with Crippen LogP contribution in [0.5, 0.6) is 0 Å². The van der Waals surface area contributed by atoms with Crippen LogP contribution in [-0.2, 0) is 0 Å². The molecule has 4 heteroatoms. The molecule has 0 bridgehead atoms. The summed E-state index contributed by atoms with van der Waals surface area (Å²) >= 11 is 8.68. The van der Waals surface area contributed by atoms with Crippen molar-refractivity contribution in [2.45, 2.75) is 10.1 Å². The van der Waals surface area contributed by atoms with Crippen LogP contribution in [-0.4, -0.2) is 28.7 Å². The van der Waals surface area contributed by atoms with E-state index in [0.717, 1.165) is 18.1 Å². The van der Waals surface area contributed by atoms with Crippen LogP contribution in [0.25, 0.3) is 0 Å². The average molecular weight is 257 g/mol. The van der Waals surface area contributed by atoms with Crippen molar-refractivity contribution in [3.05, 3.63) is 30.3 Å². The van der Waals surface area contributed by atoms with E-state index in [9.17, 15) is 0 Å². The number of rotatable bonds is 7. The zero-order valence-electron chi connectivity index (χ0n) is 8.46. The number of thiocarbonyl (C=S) groups is 1. The van der Waals surface area contributed by atoms with Gasteiger partial charge in [-0.05, 0) is 17.5 Å². The first kappa shape index (κ1) is 13.0. The lowest BCUT2D eigenvalue weighted by Crippen LogP contribution is -2.11. The first-order chi connectivity index (χ1) is 7.36. The molecule has 0 aliphatic carbocycles. The molecule has 0 fully saturated rings. The summed E-state index contributed by atoms with van der Waals surface area (Å²) in [4.78, 5) is 1.30. The minimum atomic E-state index is 0.425. The second-order valence-electron chi connectivity index (χ2n) is 2.96. The molecule has 0 saturated heterocycles. The van der Waals surface area contributed by atoms with Crippen molar-refractivity contribution in [1.29, 1.82) is 0 Å². The second kappa shape index (κ2) is 8.16. The van der Waals surface area contributed by atoms with Crippen molar-refractivity contribution in [2.75, 3.05) is 18.1 Å². The van der Waals surface area contributed by atoms with E-state index in [1.807, 2.05) is 35.0 Å². The molecule has 1 nitrogen and oxygen atoms in total. The highest BCUT2D eigenvalue weighted by molar-refractivity contribution is 8.04. The summed E-state index contributed by atoms with van der Waals surface area (Å²) in [6.45, 7) is 0.723. The lowest BCUT2D eigenvalue weighted by molar-refractivity contribution is 1.15. The minimum absolute atomic E-state index is 0.425. The SMILES string of the molecule is NCCSC(C=S)CSc1ccccc1. The zero-order chi connectivity index (χ0) is 10.9. The first-order valence-corrected chi connectivity index (χ1v) is 7.32. The van der Waals surface area contributed by atoms with Crippen molar-refractivity contribution in [3.8, 4) is 0 Å². The van der Waals surface area contributed by atoms with Crippen LogP contribution < -0.4 is 5.73 Å². The van der Waals surface area contributed by atoms with Crippen LogP contribution in [0.3, 0.4) is 0 Å². The predicted molar refractivity (Wildman–Crippen MR) is 76.1 cm³/mol. The van der Waals surface area contributed by atoms with Crippen LogP contribution in [0.4, 0.5) is 0 Å². The van der Waals surface area contributed by atoms with Gasteiger partial charge in [0.1, 0.15) is 0 Å². The van der Waals surface area contributed by atoms with E-state index in [1.165, 1.54) is 4.90 Å². The summed E-state index contributed by atoms with van der Waals surface area (Å²) in [7, 11) is 0. The molecule has 0 radical (unpaired) electrons. The summed E-state index contributed by atoms with van der Waals surface area (Å²) in [6, 6.07) is 10.4. The van der Waals surface area contributed by atoms with Gasteiger partial charge in [0, 0.05) is 28.2 Å². The molecule has 0 amide bonds. The Morgan fingerprint density at radius 2 is 2.07 bits per heavy atom. The molecular weight excluding hydrogens is 242 g/mol. The molecule has 0 heterocycles. The molecule has 15 heavy (non-hydrogen) atoms. The lowest BCUT2D eigenvalue weighted by atomic mass is 10.4. The largest absolute Gasteiger partial charge is 0.330 e. The summed E-state index contributed by atoms with van der Waals surface area (Å²) in [5.41, 5.74) is 5.46. The molecule has 1 rings (SSSR count). The Kier molecular flexibility index (Phi) is 7.09. The molecule has 1 aromatic rings. The molecule has 1 aromatic carbocycles. The fourth-order valence-electron chi connectivity index (χ4n) is 1.04. The predicted octanol–water partition coefficient (Wildman–Crippen LogP) is 2.84. The van der Waals surface area contributed by atoms with Gasteiger partial charge < -0.3 is 5.73 Å². The topological polar surface area (TPSA) is 26.0 Å². The average Bonchev–Trinajstić information content (AvgIpc) is 2.31. The number of benzene rings is 1. The van der Waals surface area contributed by atoms with E-state index in [0.29, 0.717) is 5.25 Å². The molecule has 2 N–H and O–H groups in total. The summed E-state index contributed by atoms with van der Waals surface area (Å²) in [5.74, 6) is 2.01. The second-order valence-corrected chi connectivity index (χ2v) is 5.67. The maximum absolute atomic E-state index is 5.46. The lowest BCUT2D eigenvalue weighted by Gasteiger charge is -2.09. The van der Waals surface area contributed by atoms with Crippen molar-refractivity contribution in [1.82, 2.24) is 0 Å². The van der Waals surface area contributed by atoms with E-state index < -0.39 is 0 Å². The summed E-state index contributed by atoms with van der Waals surface area (Å²) in [5, 5.41) is 2.27. The van der Waals surface area contributed by atoms with E-state index in [1.54, 1.807) is 0 Å². The third kappa shape index (κ3) is 5.56. The van der Waals surface area contributed by atoms with E-state index >= 15 is 0 Å². The molecule has 82 valence electrons. The zero-order valence-corrected chi connectivity index (χ0v) is 10.9. The number of hydrogen-bond donors (Lipinski definition) is 1. The Morgan fingerprint density at radius 1 is 1.33 bits per heavy atom. The Hall–Kier alpha value is -0.0300.